The van der Waals surface area contributed by atoms with Crippen LogP contribution in [0.15, 0.2) is 0 Å². The summed E-state index contributed by atoms with van der Waals surface area (Å²) in [7, 11) is -3.26. The van der Waals surface area contributed by atoms with Gasteiger partial charge in [-0.05, 0) is 32.9 Å². The van der Waals surface area contributed by atoms with Crippen LogP contribution in [0.25, 0.3) is 0 Å². The number of carbonyl (C=O) groups excluding carboxylic acids is 1. The monoisotopic (exact) mass is 234 g/mol. The third kappa shape index (κ3) is 3.79. The lowest BCUT2D eigenvalue weighted by atomic mass is 10.2. The Morgan fingerprint density at radius 3 is 2.53 bits per heavy atom. The predicted octanol–water partition coefficient (Wildman–Crippen LogP) is -0.711. The molecule has 0 bridgehead atoms. The highest BCUT2D eigenvalue weighted by atomic mass is 32.2. The first-order chi connectivity index (χ1) is 7.06. The summed E-state index contributed by atoms with van der Waals surface area (Å²) >= 11 is 0. The Hall–Kier alpha value is -0.620. The number of rotatable bonds is 4. The van der Waals surface area contributed by atoms with E-state index in [-0.39, 0.29) is 11.0 Å². The Morgan fingerprint density at radius 2 is 2.00 bits per heavy atom. The van der Waals surface area contributed by atoms with Crippen molar-refractivity contribution in [3.05, 3.63) is 0 Å². The van der Waals surface area contributed by atoms with Gasteiger partial charge in [0.05, 0.1) is 5.25 Å². The van der Waals surface area contributed by atoms with Crippen LogP contribution in [0.2, 0.25) is 0 Å². The summed E-state index contributed by atoms with van der Waals surface area (Å²) in [6, 6.07) is 0. The van der Waals surface area contributed by atoms with Gasteiger partial charge in [-0.3, -0.25) is 4.79 Å². The Kier molecular flexibility index (Phi) is 4.53. The molecule has 0 aromatic heterocycles. The van der Waals surface area contributed by atoms with Crippen molar-refractivity contribution in [1.29, 1.82) is 0 Å². The first-order valence-electron chi connectivity index (χ1n) is 5.25. The average Bonchev–Trinajstić information content (AvgIpc) is 2.18. The lowest BCUT2D eigenvalue weighted by Gasteiger charge is -2.22. The van der Waals surface area contributed by atoms with E-state index < -0.39 is 15.7 Å². The molecule has 6 heteroatoms. The Morgan fingerprint density at radius 1 is 1.40 bits per heavy atom. The molecule has 0 atom stereocenters. The number of hydrogen-bond donors (Lipinski definition) is 2. The van der Waals surface area contributed by atoms with Crippen molar-refractivity contribution in [2.45, 2.75) is 25.0 Å². The molecule has 0 radical (unpaired) electrons. The van der Waals surface area contributed by atoms with Crippen molar-refractivity contribution >= 4 is 15.7 Å². The van der Waals surface area contributed by atoms with Crippen LogP contribution in [0.1, 0.15) is 19.8 Å². The summed E-state index contributed by atoms with van der Waals surface area (Å²) in [5, 5.41) is 5.26. The maximum Gasteiger partial charge on any atom is 0.235 e. The van der Waals surface area contributed by atoms with Gasteiger partial charge in [0, 0.05) is 6.54 Å². The number of carbonyl (C=O) groups is 1. The molecule has 0 saturated carbocycles. The minimum Gasteiger partial charge on any atom is -0.356 e. The molecule has 1 amide bonds. The van der Waals surface area contributed by atoms with Crippen LogP contribution in [0.4, 0.5) is 0 Å². The van der Waals surface area contributed by atoms with E-state index in [4.69, 9.17) is 0 Å². The Bertz CT molecular complexity index is 307. The lowest BCUT2D eigenvalue weighted by Crippen LogP contribution is -2.40. The van der Waals surface area contributed by atoms with Crippen molar-refractivity contribution in [2.24, 2.45) is 0 Å². The molecule has 88 valence electrons. The summed E-state index contributed by atoms with van der Waals surface area (Å²) in [4.78, 5) is 11.2. The van der Waals surface area contributed by atoms with E-state index in [2.05, 4.69) is 10.6 Å². The van der Waals surface area contributed by atoms with Crippen LogP contribution >= 0.6 is 0 Å². The fourth-order valence-corrected chi connectivity index (χ4v) is 3.36. The lowest BCUT2D eigenvalue weighted by molar-refractivity contribution is -0.118. The second-order valence-corrected chi connectivity index (χ2v) is 5.99. The van der Waals surface area contributed by atoms with E-state index in [0.29, 0.717) is 19.4 Å². The van der Waals surface area contributed by atoms with Crippen molar-refractivity contribution in [3.8, 4) is 0 Å². The molecule has 1 heterocycles. The highest BCUT2D eigenvalue weighted by molar-refractivity contribution is 7.92. The SMILES string of the molecule is CCNC(=O)CS(=O)(=O)C1CCNCC1. The number of amides is 1. The molecule has 1 fully saturated rings. The van der Waals surface area contributed by atoms with Crippen molar-refractivity contribution < 1.29 is 13.2 Å². The molecule has 0 aromatic rings. The van der Waals surface area contributed by atoms with Gasteiger partial charge in [0.25, 0.3) is 0 Å². The molecular weight excluding hydrogens is 216 g/mol. The molecule has 1 aliphatic rings. The minimum absolute atomic E-state index is 0.346. The molecule has 1 rings (SSSR count). The standard InChI is InChI=1S/C9H18N2O3S/c1-2-11-9(12)7-15(13,14)8-3-5-10-6-4-8/h8,10H,2-7H2,1H3,(H,11,12). The molecule has 5 nitrogen and oxygen atoms in total. The Balaban J connectivity index is 2.53. The molecular formula is C9H18N2O3S. The first kappa shape index (κ1) is 12.4. The van der Waals surface area contributed by atoms with Gasteiger partial charge < -0.3 is 10.6 Å². The van der Waals surface area contributed by atoms with Crippen molar-refractivity contribution in [1.82, 2.24) is 10.6 Å². The molecule has 0 aliphatic carbocycles. The second-order valence-electron chi connectivity index (χ2n) is 3.71. The zero-order valence-corrected chi connectivity index (χ0v) is 9.77. The average molecular weight is 234 g/mol. The largest absolute Gasteiger partial charge is 0.356 e. The van der Waals surface area contributed by atoms with Gasteiger partial charge in [-0.15, -0.1) is 0 Å². The van der Waals surface area contributed by atoms with E-state index in [0.717, 1.165) is 13.1 Å². The summed E-state index contributed by atoms with van der Waals surface area (Å²) in [5.41, 5.74) is 0. The maximum atomic E-state index is 11.8. The zero-order valence-electron chi connectivity index (χ0n) is 8.95. The highest BCUT2D eigenvalue weighted by Crippen LogP contribution is 2.13. The minimum atomic E-state index is -3.26. The second kappa shape index (κ2) is 5.46. The van der Waals surface area contributed by atoms with Gasteiger partial charge in [0.2, 0.25) is 5.91 Å². The van der Waals surface area contributed by atoms with Crippen molar-refractivity contribution in [2.75, 3.05) is 25.4 Å². The topological polar surface area (TPSA) is 75.3 Å². The normalized spacial score (nSPS) is 18.7. The van der Waals surface area contributed by atoms with Crippen LogP contribution < -0.4 is 10.6 Å². The summed E-state index contributed by atoms with van der Waals surface area (Å²) in [6.45, 7) is 3.69. The van der Waals surface area contributed by atoms with Crippen LogP contribution in [0.5, 0.6) is 0 Å². The number of nitrogens with one attached hydrogen (secondary N) is 2. The van der Waals surface area contributed by atoms with Crippen LogP contribution in [-0.2, 0) is 14.6 Å². The van der Waals surface area contributed by atoms with E-state index in [1.54, 1.807) is 6.92 Å². The van der Waals surface area contributed by atoms with E-state index >= 15 is 0 Å². The Labute approximate surface area is 90.5 Å². The van der Waals surface area contributed by atoms with Gasteiger partial charge in [0.1, 0.15) is 5.75 Å². The van der Waals surface area contributed by atoms with Crippen LogP contribution in [0.3, 0.4) is 0 Å². The van der Waals surface area contributed by atoms with E-state index in [1.807, 2.05) is 0 Å². The molecule has 0 unspecified atom stereocenters. The number of sulfone groups is 1. The molecule has 1 saturated heterocycles. The summed E-state index contributed by atoms with van der Waals surface area (Å²) < 4.78 is 23.6. The summed E-state index contributed by atoms with van der Waals surface area (Å²) in [5.74, 6) is -0.762. The predicted molar refractivity (Wildman–Crippen MR) is 58.4 cm³/mol. The van der Waals surface area contributed by atoms with Gasteiger partial charge >= 0.3 is 0 Å². The fourth-order valence-electron chi connectivity index (χ4n) is 1.70. The van der Waals surface area contributed by atoms with E-state index in [9.17, 15) is 13.2 Å². The van der Waals surface area contributed by atoms with Gasteiger partial charge in [-0.1, -0.05) is 0 Å². The van der Waals surface area contributed by atoms with Crippen molar-refractivity contribution in [3.63, 3.8) is 0 Å². The summed E-state index contributed by atoms with van der Waals surface area (Å²) in [6.07, 6.45) is 1.23. The zero-order chi connectivity index (χ0) is 11.3. The molecule has 15 heavy (non-hydrogen) atoms. The van der Waals surface area contributed by atoms with Crippen LogP contribution in [-0.4, -0.2) is 45.0 Å². The molecule has 1 aliphatic heterocycles. The van der Waals surface area contributed by atoms with Gasteiger partial charge in [0.15, 0.2) is 9.84 Å². The number of hydrogen-bond acceptors (Lipinski definition) is 4. The first-order valence-corrected chi connectivity index (χ1v) is 6.97. The maximum absolute atomic E-state index is 11.8. The highest BCUT2D eigenvalue weighted by Gasteiger charge is 2.28. The molecule has 2 N–H and O–H groups in total. The third-order valence-corrected chi connectivity index (χ3v) is 4.65. The third-order valence-electron chi connectivity index (χ3n) is 2.50. The van der Waals surface area contributed by atoms with Gasteiger partial charge in [-0.25, -0.2) is 8.42 Å². The molecule has 0 aromatic carbocycles. The molecule has 0 spiro atoms. The van der Waals surface area contributed by atoms with Gasteiger partial charge in [-0.2, -0.15) is 0 Å². The van der Waals surface area contributed by atoms with E-state index in [1.165, 1.54) is 0 Å². The fraction of sp³-hybridized carbons (Fsp3) is 0.889. The smallest absolute Gasteiger partial charge is 0.235 e. The quantitative estimate of drug-likeness (QED) is 0.674. The number of piperidine rings is 1. The van der Waals surface area contributed by atoms with Crippen LogP contribution in [0, 0.1) is 0 Å².